The smallest absolute Gasteiger partial charge is 0.259 e. The molecular formula is C16H14Cl2N2O3. The average molecular weight is 353 g/mol. The number of aromatic hydroxyl groups is 1. The molecule has 1 atom stereocenters. The Hall–Kier alpha value is -1.98. The van der Waals surface area contributed by atoms with Crippen LogP contribution in [0.1, 0.15) is 16.8 Å². The number of carbonyl (C=O) groups excluding carboxylic acids is 1. The van der Waals surface area contributed by atoms with Crippen molar-refractivity contribution in [3.8, 4) is 11.5 Å². The summed E-state index contributed by atoms with van der Waals surface area (Å²) in [7, 11) is 0. The van der Waals surface area contributed by atoms with Crippen molar-refractivity contribution < 1.29 is 14.6 Å². The normalized spacial score (nSPS) is 17.3. The highest BCUT2D eigenvalue weighted by Crippen LogP contribution is 2.32. The molecule has 1 unspecified atom stereocenters. The zero-order chi connectivity index (χ0) is 16.4. The first-order valence-electron chi connectivity index (χ1n) is 7.08. The summed E-state index contributed by atoms with van der Waals surface area (Å²) < 4.78 is 5.80. The van der Waals surface area contributed by atoms with E-state index in [2.05, 4.69) is 4.98 Å². The van der Waals surface area contributed by atoms with Crippen LogP contribution in [0.4, 0.5) is 0 Å². The van der Waals surface area contributed by atoms with Gasteiger partial charge in [-0.3, -0.25) is 9.78 Å². The monoisotopic (exact) mass is 352 g/mol. The Labute approximate surface area is 143 Å². The molecule has 0 bridgehead atoms. The largest absolute Gasteiger partial charge is 0.507 e. The maximum atomic E-state index is 12.6. The third-order valence-electron chi connectivity index (χ3n) is 3.62. The molecule has 1 saturated heterocycles. The number of rotatable bonds is 3. The fraction of sp³-hybridized carbons (Fsp3) is 0.250. The van der Waals surface area contributed by atoms with E-state index in [0.717, 1.165) is 0 Å². The molecule has 0 aliphatic carbocycles. The van der Waals surface area contributed by atoms with Crippen LogP contribution in [0.15, 0.2) is 36.7 Å². The Bertz CT molecular complexity index is 702. The second-order valence-corrected chi connectivity index (χ2v) is 6.09. The van der Waals surface area contributed by atoms with E-state index in [1.54, 1.807) is 23.4 Å². The van der Waals surface area contributed by atoms with Gasteiger partial charge in [-0.25, -0.2) is 0 Å². The molecule has 2 aromatic rings. The molecule has 1 N–H and O–H groups in total. The van der Waals surface area contributed by atoms with Crippen LogP contribution in [-0.4, -0.2) is 40.1 Å². The molecule has 2 heterocycles. The molecule has 1 aliphatic rings. The van der Waals surface area contributed by atoms with Gasteiger partial charge in [0.1, 0.15) is 17.6 Å². The summed E-state index contributed by atoms with van der Waals surface area (Å²) >= 11 is 11.8. The van der Waals surface area contributed by atoms with Crippen LogP contribution in [0.2, 0.25) is 10.0 Å². The fourth-order valence-corrected chi connectivity index (χ4v) is 3.11. The minimum absolute atomic E-state index is 0.0677. The summed E-state index contributed by atoms with van der Waals surface area (Å²) in [5.74, 6) is 0.116. The zero-order valence-corrected chi connectivity index (χ0v) is 13.6. The Morgan fingerprint density at radius 2 is 2.22 bits per heavy atom. The number of halogens is 2. The predicted octanol–water partition coefficient (Wildman–Crippen LogP) is 3.39. The first kappa shape index (κ1) is 15.9. The van der Waals surface area contributed by atoms with E-state index in [-0.39, 0.29) is 33.4 Å². The lowest BCUT2D eigenvalue weighted by Gasteiger charge is -2.18. The number of nitrogens with zero attached hydrogens (tertiary/aromatic N) is 2. The molecule has 5 nitrogen and oxygen atoms in total. The molecule has 3 rings (SSSR count). The lowest BCUT2D eigenvalue weighted by Crippen LogP contribution is -2.31. The highest BCUT2D eigenvalue weighted by molar-refractivity contribution is 6.37. The number of likely N-dealkylation sites (tertiary alicyclic amines) is 1. The topological polar surface area (TPSA) is 62.7 Å². The predicted molar refractivity (Wildman–Crippen MR) is 87.3 cm³/mol. The maximum Gasteiger partial charge on any atom is 0.259 e. The van der Waals surface area contributed by atoms with E-state index in [1.807, 2.05) is 6.07 Å². The quantitative estimate of drug-likeness (QED) is 0.919. The van der Waals surface area contributed by atoms with Gasteiger partial charge in [-0.05, 0) is 24.3 Å². The lowest BCUT2D eigenvalue weighted by atomic mass is 10.1. The molecule has 120 valence electrons. The number of amides is 1. The van der Waals surface area contributed by atoms with Crippen LogP contribution in [0, 0.1) is 0 Å². The molecule has 1 amide bonds. The third kappa shape index (κ3) is 3.51. The SMILES string of the molecule is O=C(c1c(O)cc(Cl)cc1Cl)N1CCC(Oc2cccnc2)C1. The van der Waals surface area contributed by atoms with Gasteiger partial charge in [0.15, 0.2) is 0 Å². The van der Waals surface area contributed by atoms with Crippen LogP contribution in [0.25, 0.3) is 0 Å². The molecule has 0 saturated carbocycles. The molecule has 23 heavy (non-hydrogen) atoms. The second kappa shape index (κ2) is 6.64. The molecule has 0 spiro atoms. The van der Waals surface area contributed by atoms with Crippen molar-refractivity contribution in [2.75, 3.05) is 13.1 Å². The van der Waals surface area contributed by atoms with Gasteiger partial charge in [0.05, 0.1) is 23.3 Å². The number of phenols is 1. The standard InChI is InChI=1S/C16H14Cl2N2O3/c17-10-6-13(18)15(14(21)7-10)16(22)20-5-3-12(9-20)23-11-2-1-4-19-8-11/h1-2,4,6-8,12,21H,3,5,9H2. The fourth-order valence-electron chi connectivity index (χ4n) is 2.55. The summed E-state index contributed by atoms with van der Waals surface area (Å²) in [6, 6.07) is 6.36. The molecule has 1 aromatic carbocycles. The summed E-state index contributed by atoms with van der Waals surface area (Å²) in [5.41, 5.74) is 0.0677. The van der Waals surface area contributed by atoms with Crippen molar-refractivity contribution >= 4 is 29.1 Å². The third-order valence-corrected chi connectivity index (χ3v) is 4.13. The van der Waals surface area contributed by atoms with Crippen molar-refractivity contribution in [2.24, 2.45) is 0 Å². The highest BCUT2D eigenvalue weighted by Gasteiger charge is 2.30. The number of pyridine rings is 1. The summed E-state index contributed by atoms with van der Waals surface area (Å²) in [5, 5.41) is 10.4. The van der Waals surface area contributed by atoms with Crippen LogP contribution < -0.4 is 4.74 Å². The number of carbonyl (C=O) groups is 1. The number of hydrogen-bond acceptors (Lipinski definition) is 4. The van der Waals surface area contributed by atoms with Crippen molar-refractivity contribution in [1.82, 2.24) is 9.88 Å². The van der Waals surface area contributed by atoms with Gasteiger partial charge in [0.2, 0.25) is 0 Å². The Morgan fingerprint density at radius 3 is 2.91 bits per heavy atom. The van der Waals surface area contributed by atoms with Gasteiger partial charge in [-0.2, -0.15) is 0 Å². The summed E-state index contributed by atoms with van der Waals surface area (Å²) in [6.07, 6.45) is 3.89. The summed E-state index contributed by atoms with van der Waals surface area (Å²) in [4.78, 5) is 18.2. The van der Waals surface area contributed by atoms with Gasteiger partial charge >= 0.3 is 0 Å². The van der Waals surface area contributed by atoms with E-state index in [0.29, 0.717) is 25.3 Å². The van der Waals surface area contributed by atoms with Gasteiger partial charge < -0.3 is 14.7 Å². The average Bonchev–Trinajstić information content (AvgIpc) is 2.95. The number of benzene rings is 1. The molecular weight excluding hydrogens is 339 g/mol. The van der Waals surface area contributed by atoms with Gasteiger partial charge in [-0.15, -0.1) is 0 Å². The van der Waals surface area contributed by atoms with E-state index in [4.69, 9.17) is 27.9 Å². The van der Waals surface area contributed by atoms with E-state index >= 15 is 0 Å². The molecule has 0 radical (unpaired) electrons. The number of aromatic nitrogens is 1. The molecule has 7 heteroatoms. The number of hydrogen-bond donors (Lipinski definition) is 1. The Morgan fingerprint density at radius 1 is 1.39 bits per heavy atom. The first-order chi connectivity index (χ1) is 11.0. The molecule has 1 fully saturated rings. The van der Waals surface area contributed by atoms with Gasteiger partial charge in [0.25, 0.3) is 5.91 Å². The summed E-state index contributed by atoms with van der Waals surface area (Å²) in [6.45, 7) is 0.953. The van der Waals surface area contributed by atoms with Crippen molar-refractivity contribution in [3.63, 3.8) is 0 Å². The maximum absolute atomic E-state index is 12.6. The molecule has 1 aromatic heterocycles. The van der Waals surface area contributed by atoms with Crippen molar-refractivity contribution in [1.29, 1.82) is 0 Å². The minimum atomic E-state index is -0.332. The Kier molecular flexibility index (Phi) is 4.59. The van der Waals surface area contributed by atoms with Gasteiger partial charge in [-0.1, -0.05) is 23.2 Å². The van der Waals surface area contributed by atoms with Crippen LogP contribution in [-0.2, 0) is 0 Å². The van der Waals surface area contributed by atoms with Crippen LogP contribution in [0.3, 0.4) is 0 Å². The zero-order valence-electron chi connectivity index (χ0n) is 12.1. The van der Waals surface area contributed by atoms with E-state index in [1.165, 1.54) is 12.1 Å². The first-order valence-corrected chi connectivity index (χ1v) is 7.84. The van der Waals surface area contributed by atoms with E-state index in [9.17, 15) is 9.90 Å². The molecule has 1 aliphatic heterocycles. The van der Waals surface area contributed by atoms with Crippen molar-refractivity contribution in [2.45, 2.75) is 12.5 Å². The van der Waals surface area contributed by atoms with Crippen molar-refractivity contribution in [3.05, 3.63) is 52.3 Å². The Balaban J connectivity index is 1.71. The van der Waals surface area contributed by atoms with Crippen LogP contribution in [0.5, 0.6) is 11.5 Å². The number of phenolic OH excluding ortho intramolecular Hbond substituents is 1. The number of ether oxygens (including phenoxy) is 1. The van der Waals surface area contributed by atoms with Gasteiger partial charge in [0, 0.05) is 24.2 Å². The van der Waals surface area contributed by atoms with Crippen LogP contribution >= 0.6 is 23.2 Å². The highest BCUT2D eigenvalue weighted by atomic mass is 35.5. The van der Waals surface area contributed by atoms with E-state index < -0.39 is 0 Å². The minimum Gasteiger partial charge on any atom is -0.507 e. The lowest BCUT2D eigenvalue weighted by molar-refractivity contribution is 0.0769. The second-order valence-electron chi connectivity index (χ2n) is 5.25.